The summed E-state index contributed by atoms with van der Waals surface area (Å²) in [7, 11) is 0. The van der Waals surface area contributed by atoms with E-state index in [0.29, 0.717) is 5.32 Å². The summed E-state index contributed by atoms with van der Waals surface area (Å²) in [5, 5.41) is -0.524. The number of benzene rings is 1. The molecule has 0 heterocycles. The third kappa shape index (κ3) is 4.26. The fraction of sp³-hybridized carbons (Fsp3) is 0.500. The van der Waals surface area contributed by atoms with Gasteiger partial charge in [0.05, 0.1) is 16.3 Å². The first-order chi connectivity index (χ1) is 14.0. The molecule has 0 spiro atoms. The Bertz CT molecular complexity index is 864. The maximum atomic E-state index is 13.7. The van der Waals surface area contributed by atoms with Crippen molar-refractivity contribution in [2.75, 3.05) is 5.32 Å². The molecule has 0 bridgehead atoms. The van der Waals surface area contributed by atoms with Crippen molar-refractivity contribution < 1.29 is 70.7 Å². The largest absolute Gasteiger partial charge is 0.416 e. The lowest BCUT2D eigenvalue weighted by molar-refractivity contribution is -0.406. The molecule has 0 unspecified atom stereocenters. The second kappa shape index (κ2) is 8.06. The lowest BCUT2D eigenvalue weighted by Crippen LogP contribution is -2.70. The van der Waals surface area contributed by atoms with Crippen LogP contribution in [0.3, 0.4) is 0 Å². The first-order valence-electron chi connectivity index (χ1n) is 7.31. The number of anilines is 1. The molecule has 18 heteroatoms. The lowest BCUT2D eigenvalue weighted by atomic mass is 9.94. The van der Waals surface area contributed by atoms with Crippen LogP contribution in [0.5, 0.6) is 0 Å². The Kier molecular flexibility index (Phi) is 7.04. The van der Waals surface area contributed by atoms with Crippen molar-refractivity contribution in [3.05, 3.63) is 28.8 Å². The van der Waals surface area contributed by atoms with Gasteiger partial charge in [-0.05, 0) is 18.2 Å². The van der Waals surface area contributed by atoms with E-state index in [9.17, 15) is 70.7 Å². The normalized spacial score (nSPS) is 14.7. The molecule has 184 valence electrons. The first-order valence-corrected chi connectivity index (χ1v) is 7.69. The molecule has 1 aromatic rings. The summed E-state index contributed by atoms with van der Waals surface area (Å²) < 4.78 is 195. The molecule has 0 aromatic heterocycles. The molecule has 0 atom stereocenters. The van der Waals surface area contributed by atoms with Gasteiger partial charge in [0, 0.05) is 0 Å². The Morgan fingerprint density at radius 3 is 1.66 bits per heavy atom. The minimum atomic E-state index is -7.97. The number of hydrogen-bond donors (Lipinski definition) is 1. The van der Waals surface area contributed by atoms with Gasteiger partial charge in [-0.15, -0.1) is 0 Å². The molecule has 0 saturated carbocycles. The van der Waals surface area contributed by atoms with Crippen LogP contribution in [0, 0.1) is 0 Å². The molecule has 32 heavy (non-hydrogen) atoms. The van der Waals surface area contributed by atoms with E-state index >= 15 is 0 Å². The van der Waals surface area contributed by atoms with Crippen molar-refractivity contribution in [1.29, 1.82) is 0 Å². The smallest absolute Gasteiger partial charge is 0.319 e. The van der Waals surface area contributed by atoms with E-state index in [1.54, 1.807) is 0 Å². The van der Waals surface area contributed by atoms with Crippen LogP contribution in [-0.4, -0.2) is 41.9 Å². The Hall–Kier alpha value is -2.07. The minimum absolute atomic E-state index is 0.200. The summed E-state index contributed by atoms with van der Waals surface area (Å²) in [5.41, 5.74) is -3.28. The second-order valence-electron chi connectivity index (χ2n) is 5.87. The molecular weight excluding hydrogens is 519 g/mol. The predicted molar refractivity (Wildman–Crippen MR) is 75.8 cm³/mol. The van der Waals surface area contributed by atoms with Crippen molar-refractivity contribution >= 4 is 23.2 Å². The van der Waals surface area contributed by atoms with Gasteiger partial charge in [-0.3, -0.25) is 4.79 Å². The van der Waals surface area contributed by atoms with E-state index < -0.39 is 64.4 Å². The van der Waals surface area contributed by atoms with Gasteiger partial charge in [-0.2, -0.15) is 57.1 Å². The third-order valence-corrected chi connectivity index (χ3v) is 4.03. The standard InChI is InChI=1S/C14H5ClF15NO/c15-5-2-1-4(11(22,23)24)3-6(5)31-8(32)10(20,21)13(27,28)14(29,30)12(25,26)9(18,19)7(16)17/h1-3,7H,(H,31,32). The molecule has 0 aliphatic carbocycles. The zero-order chi connectivity index (χ0) is 25.7. The molecule has 0 saturated heterocycles. The number of carbonyl (C=O) groups excluding carboxylic acids is 1. The van der Waals surface area contributed by atoms with Crippen LogP contribution in [0.2, 0.25) is 5.02 Å². The van der Waals surface area contributed by atoms with Crippen LogP contribution in [0.25, 0.3) is 0 Å². The minimum Gasteiger partial charge on any atom is -0.319 e. The predicted octanol–water partition coefficient (Wildman–Crippen LogP) is 6.74. The van der Waals surface area contributed by atoms with E-state index in [2.05, 4.69) is 0 Å². The van der Waals surface area contributed by atoms with Crippen LogP contribution in [0.15, 0.2) is 18.2 Å². The highest BCUT2D eigenvalue weighted by molar-refractivity contribution is 6.33. The monoisotopic (exact) mass is 523 g/mol. The van der Waals surface area contributed by atoms with E-state index in [1.165, 1.54) is 0 Å². The highest BCUT2D eigenvalue weighted by Gasteiger charge is 2.89. The molecule has 0 aliphatic heterocycles. The average molecular weight is 524 g/mol. The van der Waals surface area contributed by atoms with Gasteiger partial charge in [-0.25, -0.2) is 8.78 Å². The van der Waals surface area contributed by atoms with Crippen LogP contribution in [-0.2, 0) is 11.0 Å². The topological polar surface area (TPSA) is 29.1 Å². The zero-order valence-corrected chi connectivity index (χ0v) is 15.0. The highest BCUT2D eigenvalue weighted by atomic mass is 35.5. The van der Waals surface area contributed by atoms with Gasteiger partial charge in [0.25, 0.3) is 0 Å². The number of amides is 1. The third-order valence-electron chi connectivity index (χ3n) is 3.70. The number of halogens is 16. The molecule has 1 N–H and O–H groups in total. The molecule has 1 amide bonds. The SMILES string of the molecule is O=C(Nc1cc(C(F)(F)F)ccc1Cl)C(F)(F)C(F)(F)C(F)(F)C(F)(F)C(F)(F)C(F)F. The van der Waals surface area contributed by atoms with Gasteiger partial charge in [0.1, 0.15) is 0 Å². The number of alkyl halides is 15. The number of rotatable bonds is 7. The molecule has 1 rings (SSSR count). The van der Waals surface area contributed by atoms with Gasteiger partial charge in [-0.1, -0.05) is 11.6 Å². The molecule has 2 nitrogen and oxygen atoms in total. The Balaban J connectivity index is 3.44. The summed E-state index contributed by atoms with van der Waals surface area (Å²) in [4.78, 5) is 11.4. The first kappa shape index (κ1) is 28.0. The zero-order valence-electron chi connectivity index (χ0n) is 14.3. The van der Waals surface area contributed by atoms with E-state index in [1.807, 2.05) is 0 Å². The van der Waals surface area contributed by atoms with E-state index in [-0.39, 0.29) is 18.2 Å². The van der Waals surface area contributed by atoms with Crippen LogP contribution >= 0.6 is 11.6 Å². The maximum absolute atomic E-state index is 13.7. The van der Waals surface area contributed by atoms with Crippen LogP contribution in [0.1, 0.15) is 5.56 Å². The molecule has 0 fully saturated rings. The van der Waals surface area contributed by atoms with E-state index in [4.69, 9.17) is 11.6 Å². The highest BCUT2D eigenvalue weighted by Crippen LogP contribution is 2.58. The maximum Gasteiger partial charge on any atom is 0.416 e. The number of carbonyl (C=O) groups is 1. The Morgan fingerprint density at radius 1 is 0.781 bits per heavy atom. The fourth-order valence-electron chi connectivity index (χ4n) is 1.88. The molecule has 0 radical (unpaired) electrons. The average Bonchev–Trinajstić information content (AvgIpc) is 2.61. The molecule has 1 aromatic carbocycles. The van der Waals surface area contributed by atoms with Crippen molar-refractivity contribution in [1.82, 2.24) is 0 Å². The van der Waals surface area contributed by atoms with Gasteiger partial charge >= 0.3 is 48.1 Å². The van der Waals surface area contributed by atoms with Crippen LogP contribution in [0.4, 0.5) is 71.5 Å². The van der Waals surface area contributed by atoms with Crippen molar-refractivity contribution in [2.45, 2.75) is 42.2 Å². The second-order valence-corrected chi connectivity index (χ2v) is 6.27. The summed E-state index contributed by atoms with van der Waals surface area (Å²) in [6.45, 7) is 0. The molecular formula is C14H5ClF15NO. The number of nitrogens with one attached hydrogen (secondary N) is 1. The van der Waals surface area contributed by atoms with Gasteiger partial charge in [0.15, 0.2) is 0 Å². The Labute approximate surface area is 171 Å². The van der Waals surface area contributed by atoms with Gasteiger partial charge in [0.2, 0.25) is 0 Å². The van der Waals surface area contributed by atoms with Crippen LogP contribution < -0.4 is 5.32 Å². The summed E-state index contributed by atoms with van der Waals surface area (Å²) in [5.74, 6) is -41.6. The van der Waals surface area contributed by atoms with Crippen molar-refractivity contribution in [3.63, 3.8) is 0 Å². The fourth-order valence-corrected chi connectivity index (χ4v) is 2.05. The van der Waals surface area contributed by atoms with E-state index in [0.717, 1.165) is 0 Å². The number of hydrogen-bond acceptors (Lipinski definition) is 1. The summed E-state index contributed by atoms with van der Waals surface area (Å²) in [6, 6.07) is 0.236. The Morgan fingerprint density at radius 2 is 1.25 bits per heavy atom. The van der Waals surface area contributed by atoms with Crippen molar-refractivity contribution in [3.8, 4) is 0 Å². The quantitative estimate of drug-likeness (QED) is 0.394. The summed E-state index contributed by atoms with van der Waals surface area (Å²) in [6.07, 6.45) is -11.0. The van der Waals surface area contributed by atoms with Gasteiger partial charge < -0.3 is 5.32 Å². The summed E-state index contributed by atoms with van der Waals surface area (Å²) >= 11 is 5.25. The van der Waals surface area contributed by atoms with Crippen molar-refractivity contribution in [2.24, 2.45) is 0 Å². The molecule has 0 aliphatic rings. The lowest BCUT2D eigenvalue weighted by Gasteiger charge is -2.38.